The molecule has 0 bridgehead atoms. The van der Waals surface area contributed by atoms with E-state index in [1.807, 2.05) is 19.1 Å². The first-order valence-electron chi connectivity index (χ1n) is 12.4. The van der Waals surface area contributed by atoms with Crippen LogP contribution in [-0.4, -0.2) is 48.5 Å². The van der Waals surface area contributed by atoms with Gasteiger partial charge < -0.3 is 15.2 Å². The molecule has 10 heteroatoms. The van der Waals surface area contributed by atoms with Gasteiger partial charge >= 0.3 is 11.6 Å². The Morgan fingerprint density at radius 3 is 2.53 bits per heavy atom. The third kappa shape index (κ3) is 7.88. The lowest BCUT2D eigenvalue weighted by Gasteiger charge is -2.34. The molecule has 1 aliphatic carbocycles. The van der Waals surface area contributed by atoms with Crippen LogP contribution in [0.25, 0.3) is 11.3 Å². The monoisotopic (exact) mass is 539 g/mol. The lowest BCUT2D eigenvalue weighted by Crippen LogP contribution is -2.45. The Hall–Kier alpha value is -2.23. The predicted octanol–water partition coefficient (Wildman–Crippen LogP) is 4.82. The molecule has 0 radical (unpaired) electrons. The van der Waals surface area contributed by atoms with Crippen LogP contribution in [-0.2, 0) is 24.5 Å². The molecule has 0 atom stereocenters. The fraction of sp³-hybridized carbons (Fsp3) is 0.615. The zero-order valence-electron chi connectivity index (χ0n) is 21.8. The molecule has 2 aromatic rings. The second-order valence-electron chi connectivity index (χ2n) is 9.95. The standard InChI is InChI=1S/C26H38ClN3O3.O2S/c1-6-30-24(20-10-9-19(8-7-17(2)3)15-21(20)33-5)22(27)23(29-30)25(31)28-16-26(32)13-11-18(4)12-14-26;1-3-2/h9-10,15,17-18,32H,6-8,11-14,16H2,1-5H3,(H,28,31);. The van der Waals surface area contributed by atoms with E-state index in [2.05, 4.69) is 37.3 Å². The van der Waals surface area contributed by atoms with Crippen LogP contribution < -0.4 is 10.1 Å². The molecule has 1 heterocycles. The van der Waals surface area contributed by atoms with Crippen LogP contribution in [0.2, 0.25) is 5.02 Å². The van der Waals surface area contributed by atoms with Gasteiger partial charge in [0.2, 0.25) is 0 Å². The van der Waals surface area contributed by atoms with Gasteiger partial charge in [-0.1, -0.05) is 38.4 Å². The van der Waals surface area contributed by atoms with Crippen molar-refractivity contribution < 1.29 is 23.1 Å². The molecule has 1 saturated carbocycles. The summed E-state index contributed by atoms with van der Waals surface area (Å²) in [6.07, 6.45) is 5.40. The minimum absolute atomic E-state index is 0.173. The number of ether oxygens (including phenoxy) is 1. The van der Waals surface area contributed by atoms with Crippen molar-refractivity contribution in [2.45, 2.75) is 78.4 Å². The molecule has 1 aromatic carbocycles. The normalized spacial score (nSPS) is 19.4. The molecule has 200 valence electrons. The number of aromatic nitrogens is 2. The van der Waals surface area contributed by atoms with Gasteiger partial charge in [-0.3, -0.25) is 9.48 Å². The fourth-order valence-electron chi connectivity index (χ4n) is 4.42. The number of nitrogens with one attached hydrogen (secondary N) is 1. The summed E-state index contributed by atoms with van der Waals surface area (Å²) in [6, 6.07) is 6.13. The maximum absolute atomic E-state index is 13.0. The van der Waals surface area contributed by atoms with E-state index >= 15 is 0 Å². The van der Waals surface area contributed by atoms with Gasteiger partial charge in [-0.15, -0.1) is 0 Å². The molecule has 0 unspecified atom stereocenters. The summed E-state index contributed by atoms with van der Waals surface area (Å²) in [5, 5.41) is 18.5. The number of benzene rings is 1. The molecule has 3 rings (SSSR count). The first-order valence-corrected chi connectivity index (χ1v) is 13.5. The van der Waals surface area contributed by atoms with Gasteiger partial charge in [0.1, 0.15) is 5.75 Å². The first kappa shape index (κ1) is 30.0. The van der Waals surface area contributed by atoms with E-state index in [0.717, 1.165) is 31.2 Å². The minimum atomic E-state index is -0.861. The summed E-state index contributed by atoms with van der Waals surface area (Å²) < 4.78 is 24.0. The number of hydrogen-bond donors (Lipinski definition) is 2. The van der Waals surface area contributed by atoms with E-state index in [9.17, 15) is 9.90 Å². The van der Waals surface area contributed by atoms with E-state index < -0.39 is 17.2 Å². The molecule has 0 saturated heterocycles. The van der Waals surface area contributed by atoms with Crippen LogP contribution in [0.15, 0.2) is 18.2 Å². The van der Waals surface area contributed by atoms with Crippen molar-refractivity contribution in [1.29, 1.82) is 0 Å². The Morgan fingerprint density at radius 2 is 1.97 bits per heavy atom. The molecular formula is C26H38ClN3O5S. The molecule has 1 aliphatic rings. The number of rotatable bonds is 9. The molecule has 0 aliphatic heterocycles. The van der Waals surface area contributed by atoms with Gasteiger partial charge in [-0.2, -0.15) is 13.5 Å². The number of aryl methyl sites for hydroxylation is 2. The Bertz CT molecular complexity index is 1060. The smallest absolute Gasteiger partial charge is 0.335 e. The summed E-state index contributed by atoms with van der Waals surface area (Å²) in [4.78, 5) is 13.0. The van der Waals surface area contributed by atoms with Crippen molar-refractivity contribution in [3.05, 3.63) is 34.5 Å². The van der Waals surface area contributed by atoms with Crippen LogP contribution >= 0.6 is 11.6 Å². The average molecular weight is 540 g/mol. The number of hydrogen-bond acceptors (Lipinski definition) is 6. The highest BCUT2D eigenvalue weighted by Crippen LogP contribution is 2.38. The summed E-state index contributed by atoms with van der Waals surface area (Å²) in [5.74, 6) is 1.59. The second-order valence-corrected chi connectivity index (χ2v) is 10.5. The third-order valence-corrected chi connectivity index (χ3v) is 7.08. The van der Waals surface area contributed by atoms with E-state index in [1.165, 1.54) is 5.56 Å². The van der Waals surface area contributed by atoms with Crippen LogP contribution in [0.4, 0.5) is 0 Å². The Labute approximate surface area is 222 Å². The fourth-order valence-corrected chi connectivity index (χ4v) is 4.74. The van der Waals surface area contributed by atoms with Crippen molar-refractivity contribution in [2.75, 3.05) is 13.7 Å². The Morgan fingerprint density at radius 1 is 1.33 bits per heavy atom. The van der Waals surface area contributed by atoms with Crippen molar-refractivity contribution in [2.24, 2.45) is 11.8 Å². The summed E-state index contributed by atoms with van der Waals surface area (Å²) in [5.41, 5.74) is 1.99. The number of aliphatic hydroxyl groups is 1. The number of amides is 1. The minimum Gasteiger partial charge on any atom is -0.496 e. The molecule has 36 heavy (non-hydrogen) atoms. The van der Waals surface area contributed by atoms with E-state index in [-0.39, 0.29) is 18.1 Å². The number of nitrogens with zero attached hydrogens (tertiary/aromatic N) is 2. The zero-order chi connectivity index (χ0) is 26.9. The van der Waals surface area contributed by atoms with Crippen molar-refractivity contribution in [1.82, 2.24) is 15.1 Å². The van der Waals surface area contributed by atoms with Crippen molar-refractivity contribution in [3.63, 3.8) is 0 Å². The van der Waals surface area contributed by atoms with E-state index in [0.29, 0.717) is 47.7 Å². The van der Waals surface area contributed by atoms with Gasteiger partial charge in [0.15, 0.2) is 5.69 Å². The van der Waals surface area contributed by atoms with Gasteiger partial charge in [0.25, 0.3) is 5.91 Å². The second kappa shape index (κ2) is 13.9. The molecule has 2 N–H and O–H groups in total. The highest BCUT2D eigenvalue weighted by Gasteiger charge is 2.33. The third-order valence-electron chi connectivity index (χ3n) is 6.72. The maximum Gasteiger partial charge on any atom is 0.335 e. The van der Waals surface area contributed by atoms with Crippen LogP contribution in [0, 0.1) is 11.8 Å². The quantitative estimate of drug-likeness (QED) is 0.472. The molecule has 1 amide bonds. The Balaban J connectivity index is 0.00000145. The van der Waals surface area contributed by atoms with E-state index in [1.54, 1.807) is 11.8 Å². The molecule has 1 aromatic heterocycles. The van der Waals surface area contributed by atoms with Gasteiger partial charge in [-0.25, -0.2) is 0 Å². The molecule has 1 fully saturated rings. The molecule has 0 spiro atoms. The number of carbonyl (C=O) groups is 1. The first-order chi connectivity index (χ1) is 17.1. The average Bonchev–Trinajstić information content (AvgIpc) is 3.19. The summed E-state index contributed by atoms with van der Waals surface area (Å²) in [6.45, 7) is 9.35. The Kier molecular flexibility index (Phi) is 11.6. The number of carbonyl (C=O) groups excluding carboxylic acids is 1. The largest absolute Gasteiger partial charge is 0.496 e. The topological polar surface area (TPSA) is 111 Å². The van der Waals surface area contributed by atoms with Crippen LogP contribution in [0.1, 0.15) is 75.9 Å². The van der Waals surface area contributed by atoms with Gasteiger partial charge in [0, 0.05) is 18.7 Å². The van der Waals surface area contributed by atoms with E-state index in [4.69, 9.17) is 24.8 Å². The van der Waals surface area contributed by atoms with Crippen molar-refractivity contribution in [3.8, 4) is 17.0 Å². The molecule has 8 nitrogen and oxygen atoms in total. The number of halogens is 1. The number of methoxy groups -OCH3 is 1. The zero-order valence-corrected chi connectivity index (χ0v) is 23.4. The lowest BCUT2D eigenvalue weighted by molar-refractivity contribution is -0.00544. The maximum atomic E-state index is 13.0. The van der Waals surface area contributed by atoms with Crippen molar-refractivity contribution >= 4 is 29.1 Å². The predicted molar refractivity (Wildman–Crippen MR) is 142 cm³/mol. The highest BCUT2D eigenvalue weighted by atomic mass is 35.5. The molecular weight excluding hydrogens is 502 g/mol. The highest BCUT2D eigenvalue weighted by molar-refractivity contribution is 7.51. The lowest BCUT2D eigenvalue weighted by atomic mass is 9.79. The van der Waals surface area contributed by atoms with Crippen LogP contribution in [0.5, 0.6) is 5.75 Å². The summed E-state index contributed by atoms with van der Waals surface area (Å²) >= 11 is 5.97. The summed E-state index contributed by atoms with van der Waals surface area (Å²) in [7, 11) is 1.64. The van der Waals surface area contributed by atoms with Gasteiger partial charge in [0.05, 0.1) is 23.4 Å². The SMILES string of the molecule is CCn1nc(C(=O)NCC2(O)CCC(C)CC2)c(Cl)c1-c1ccc(CCC(C)C)cc1OC.O=S=O. The van der Waals surface area contributed by atoms with Crippen LogP contribution in [0.3, 0.4) is 0 Å². The van der Waals surface area contributed by atoms with Gasteiger partial charge in [-0.05, 0) is 75.0 Å².